The Hall–Kier alpha value is -3.94. The number of hydrogen-bond acceptors (Lipinski definition) is 5. The molecule has 2 N–H and O–H groups in total. The molecule has 2 aromatic carbocycles. The van der Waals surface area contributed by atoms with E-state index < -0.39 is 11.8 Å². The summed E-state index contributed by atoms with van der Waals surface area (Å²) < 4.78 is 16.1. The molecule has 0 saturated heterocycles. The van der Waals surface area contributed by atoms with Crippen LogP contribution in [0.3, 0.4) is 0 Å². The summed E-state index contributed by atoms with van der Waals surface area (Å²) in [5.41, 5.74) is 1.48. The van der Waals surface area contributed by atoms with E-state index in [9.17, 15) is 9.59 Å². The van der Waals surface area contributed by atoms with Crippen molar-refractivity contribution in [3.63, 3.8) is 0 Å². The molecule has 34 heavy (non-hydrogen) atoms. The summed E-state index contributed by atoms with van der Waals surface area (Å²) in [6, 6.07) is 16.7. The van der Waals surface area contributed by atoms with Crippen LogP contribution in [-0.4, -0.2) is 18.9 Å². The van der Waals surface area contributed by atoms with Gasteiger partial charge in [0, 0.05) is 17.3 Å². The Kier molecular flexibility index (Phi) is 7.06. The van der Waals surface area contributed by atoms with E-state index >= 15 is 0 Å². The maximum Gasteiger partial charge on any atom is 0.291 e. The highest BCUT2D eigenvalue weighted by atomic mass is 35.5. The first-order valence-corrected chi connectivity index (χ1v) is 10.8. The number of hydrogen-bond donors (Lipinski definition) is 2. The molecule has 172 valence electrons. The van der Waals surface area contributed by atoms with Crippen molar-refractivity contribution in [1.82, 2.24) is 0 Å². The summed E-state index contributed by atoms with van der Waals surface area (Å²) in [4.78, 5) is 24.7. The van der Waals surface area contributed by atoms with Crippen molar-refractivity contribution in [2.24, 2.45) is 0 Å². The molecule has 4 rings (SSSR count). The zero-order valence-electron chi connectivity index (χ0n) is 17.8. The number of anilines is 2. The Morgan fingerprint density at radius 3 is 2.62 bits per heavy atom. The van der Waals surface area contributed by atoms with E-state index in [0.717, 1.165) is 0 Å². The quantitative estimate of drug-likeness (QED) is 0.275. The molecule has 0 radical (unpaired) electrons. The molecule has 2 aromatic heterocycles. The summed E-state index contributed by atoms with van der Waals surface area (Å²) in [6.45, 7) is 0. The van der Waals surface area contributed by atoms with Gasteiger partial charge in [0.25, 0.3) is 5.91 Å². The number of rotatable bonds is 7. The summed E-state index contributed by atoms with van der Waals surface area (Å²) in [6.07, 6.45) is 4.24. The smallest absolute Gasteiger partial charge is 0.291 e. The van der Waals surface area contributed by atoms with Gasteiger partial charge in [-0.1, -0.05) is 29.3 Å². The van der Waals surface area contributed by atoms with Crippen molar-refractivity contribution in [2.75, 3.05) is 17.7 Å². The van der Waals surface area contributed by atoms with Crippen LogP contribution in [0.25, 0.3) is 17.4 Å². The minimum Gasteiger partial charge on any atom is -0.495 e. The lowest BCUT2D eigenvalue weighted by atomic mass is 10.2. The second-order valence-electron chi connectivity index (χ2n) is 6.97. The van der Waals surface area contributed by atoms with Crippen molar-refractivity contribution in [2.45, 2.75) is 0 Å². The maximum absolute atomic E-state index is 12.5. The van der Waals surface area contributed by atoms with E-state index in [1.54, 1.807) is 60.7 Å². The Labute approximate surface area is 204 Å². The third-order valence-corrected chi connectivity index (χ3v) is 5.52. The highest BCUT2D eigenvalue weighted by molar-refractivity contribution is 6.43. The van der Waals surface area contributed by atoms with Crippen molar-refractivity contribution >= 4 is 52.5 Å². The highest BCUT2D eigenvalue weighted by Crippen LogP contribution is 2.34. The van der Waals surface area contributed by atoms with E-state index in [-0.39, 0.29) is 5.76 Å². The van der Waals surface area contributed by atoms with Crippen LogP contribution in [0, 0.1) is 0 Å². The summed E-state index contributed by atoms with van der Waals surface area (Å²) in [7, 11) is 1.48. The molecule has 0 aliphatic heterocycles. The molecule has 7 nitrogen and oxygen atoms in total. The predicted molar refractivity (Wildman–Crippen MR) is 131 cm³/mol. The first-order chi connectivity index (χ1) is 16.4. The van der Waals surface area contributed by atoms with Crippen molar-refractivity contribution in [3.05, 3.63) is 94.6 Å². The fourth-order valence-corrected chi connectivity index (χ4v) is 3.49. The third kappa shape index (κ3) is 5.33. The Morgan fingerprint density at radius 1 is 1.00 bits per heavy atom. The average molecular weight is 497 g/mol. The van der Waals surface area contributed by atoms with E-state index in [0.29, 0.717) is 44.3 Å². The van der Waals surface area contributed by atoms with Gasteiger partial charge >= 0.3 is 0 Å². The Balaban J connectivity index is 1.45. The van der Waals surface area contributed by atoms with Gasteiger partial charge in [0.05, 0.1) is 29.1 Å². The Bertz CT molecular complexity index is 1360. The average Bonchev–Trinajstić information content (AvgIpc) is 3.52. The second kappa shape index (κ2) is 10.3. The molecule has 9 heteroatoms. The second-order valence-corrected chi connectivity index (χ2v) is 7.76. The van der Waals surface area contributed by atoms with Gasteiger partial charge in [0.15, 0.2) is 5.76 Å². The van der Waals surface area contributed by atoms with Crippen LogP contribution < -0.4 is 15.4 Å². The molecule has 0 saturated carbocycles. The standard InChI is InChI=1S/C25H18Cl2N2O5/c1-32-21-10-7-15(28-25(31)22-6-3-13-33-22)14-19(21)29-23(30)12-9-16-8-11-20(34-16)17-4-2-5-18(26)24(17)27/h2-14H,1H3,(H,28,31)(H,29,30). The van der Waals surface area contributed by atoms with Gasteiger partial charge < -0.3 is 24.2 Å². The lowest BCUT2D eigenvalue weighted by molar-refractivity contribution is -0.111. The monoisotopic (exact) mass is 496 g/mol. The van der Waals surface area contributed by atoms with Gasteiger partial charge in [0.2, 0.25) is 5.91 Å². The van der Waals surface area contributed by atoms with Gasteiger partial charge in [-0.05, 0) is 60.7 Å². The van der Waals surface area contributed by atoms with Gasteiger partial charge in [-0.2, -0.15) is 0 Å². The molecule has 0 fully saturated rings. The molecule has 0 unspecified atom stereocenters. The predicted octanol–water partition coefficient (Wildman–Crippen LogP) is 6.76. The number of carbonyl (C=O) groups is 2. The van der Waals surface area contributed by atoms with E-state index in [4.69, 9.17) is 36.8 Å². The topological polar surface area (TPSA) is 93.7 Å². The molecule has 0 aliphatic rings. The number of furan rings is 2. The number of methoxy groups -OCH3 is 1. The van der Waals surface area contributed by atoms with Crippen molar-refractivity contribution < 1.29 is 23.2 Å². The number of halogens is 2. The zero-order valence-corrected chi connectivity index (χ0v) is 19.3. The first kappa shape index (κ1) is 23.2. The number of amides is 2. The van der Waals surface area contributed by atoms with E-state index in [2.05, 4.69) is 10.6 Å². The fourth-order valence-electron chi connectivity index (χ4n) is 3.10. The molecule has 2 heterocycles. The first-order valence-electron chi connectivity index (χ1n) is 10.0. The lowest BCUT2D eigenvalue weighted by Gasteiger charge is -2.11. The normalized spacial score (nSPS) is 10.9. The van der Waals surface area contributed by atoms with Crippen molar-refractivity contribution in [3.8, 4) is 17.1 Å². The summed E-state index contributed by atoms with van der Waals surface area (Å²) in [5.74, 6) is 0.726. The van der Waals surface area contributed by atoms with Crippen LogP contribution in [0.5, 0.6) is 5.75 Å². The summed E-state index contributed by atoms with van der Waals surface area (Å²) >= 11 is 12.3. The molecule has 0 bridgehead atoms. The van der Waals surface area contributed by atoms with Crippen LogP contribution in [0.2, 0.25) is 10.0 Å². The molecule has 0 aliphatic carbocycles. The molecule has 0 spiro atoms. The highest BCUT2D eigenvalue weighted by Gasteiger charge is 2.13. The third-order valence-electron chi connectivity index (χ3n) is 4.70. The minimum atomic E-state index is -0.424. The van der Waals surface area contributed by atoms with E-state index in [1.807, 2.05) is 0 Å². The largest absolute Gasteiger partial charge is 0.495 e. The maximum atomic E-state index is 12.5. The number of carbonyl (C=O) groups excluding carboxylic acids is 2. The molecular weight excluding hydrogens is 479 g/mol. The zero-order chi connectivity index (χ0) is 24.1. The van der Waals surface area contributed by atoms with Gasteiger partial charge in [0.1, 0.15) is 17.3 Å². The number of ether oxygens (including phenoxy) is 1. The van der Waals surface area contributed by atoms with E-state index in [1.165, 1.54) is 25.5 Å². The molecule has 0 atom stereocenters. The van der Waals surface area contributed by atoms with Gasteiger partial charge in [-0.15, -0.1) is 0 Å². The van der Waals surface area contributed by atoms with Gasteiger partial charge in [-0.3, -0.25) is 9.59 Å². The van der Waals surface area contributed by atoms with Crippen LogP contribution in [0.15, 0.2) is 81.8 Å². The van der Waals surface area contributed by atoms with Crippen LogP contribution >= 0.6 is 23.2 Å². The fraction of sp³-hybridized carbons (Fsp3) is 0.0400. The van der Waals surface area contributed by atoms with Gasteiger partial charge in [-0.25, -0.2) is 0 Å². The molecule has 4 aromatic rings. The lowest BCUT2D eigenvalue weighted by Crippen LogP contribution is -2.12. The minimum absolute atomic E-state index is 0.168. The van der Waals surface area contributed by atoms with Crippen LogP contribution in [0.4, 0.5) is 11.4 Å². The van der Waals surface area contributed by atoms with Crippen LogP contribution in [-0.2, 0) is 4.79 Å². The number of nitrogens with one attached hydrogen (secondary N) is 2. The SMILES string of the molecule is COc1ccc(NC(=O)c2ccco2)cc1NC(=O)C=Cc1ccc(-c2cccc(Cl)c2Cl)o1. The summed E-state index contributed by atoms with van der Waals surface area (Å²) in [5, 5.41) is 6.24. The molecule has 2 amide bonds. The molecular formula is C25H18Cl2N2O5. The van der Waals surface area contributed by atoms with Crippen LogP contribution in [0.1, 0.15) is 16.3 Å². The number of benzene rings is 2. The van der Waals surface area contributed by atoms with Crippen molar-refractivity contribution in [1.29, 1.82) is 0 Å². The Morgan fingerprint density at radius 2 is 1.85 bits per heavy atom.